The van der Waals surface area contributed by atoms with E-state index < -0.39 is 17.8 Å². The van der Waals surface area contributed by atoms with Crippen molar-refractivity contribution in [3.8, 4) is 28.2 Å². The molecule has 44 heavy (non-hydrogen) atoms. The fourth-order valence-electron chi connectivity index (χ4n) is 5.21. The Labute approximate surface area is 260 Å². The molecule has 216 valence electrons. The summed E-state index contributed by atoms with van der Waals surface area (Å²) in [5, 5.41) is 2.70. The molecule has 1 saturated heterocycles. The molecule has 2 amide bonds. The maximum absolute atomic E-state index is 13.8. The van der Waals surface area contributed by atoms with Gasteiger partial charge in [0, 0.05) is 11.3 Å². The molecule has 5 aromatic rings. The van der Waals surface area contributed by atoms with Gasteiger partial charge in [-0.1, -0.05) is 78.9 Å². The van der Waals surface area contributed by atoms with Crippen molar-refractivity contribution in [2.75, 3.05) is 11.5 Å². The number of anilines is 1. The van der Waals surface area contributed by atoms with Crippen LogP contribution < -0.4 is 10.2 Å². The van der Waals surface area contributed by atoms with E-state index in [2.05, 4.69) is 9.88 Å². The molecule has 0 aliphatic carbocycles. The average molecular weight is 598 g/mol. The van der Waals surface area contributed by atoms with E-state index in [-0.39, 0.29) is 17.3 Å². The highest BCUT2D eigenvalue weighted by molar-refractivity contribution is 7.80. The average Bonchev–Trinajstić information content (AvgIpc) is 3.43. The van der Waals surface area contributed by atoms with Crippen molar-refractivity contribution >= 4 is 46.9 Å². The van der Waals surface area contributed by atoms with Crippen molar-refractivity contribution < 1.29 is 19.1 Å². The summed E-state index contributed by atoms with van der Waals surface area (Å²) >= 11 is 5.39. The number of benzene rings is 4. The highest BCUT2D eigenvalue weighted by Gasteiger charge is 2.35. The van der Waals surface area contributed by atoms with E-state index in [9.17, 15) is 14.4 Å². The van der Waals surface area contributed by atoms with Gasteiger partial charge in [0.15, 0.2) is 5.11 Å². The predicted molar refractivity (Wildman–Crippen MR) is 175 cm³/mol. The number of thiocarbonyl (C=S) groups is 1. The highest BCUT2D eigenvalue weighted by atomic mass is 32.1. The molecule has 1 aliphatic heterocycles. The molecule has 0 unspecified atom stereocenters. The van der Waals surface area contributed by atoms with Gasteiger partial charge in [0.2, 0.25) is 0 Å². The second-order valence-corrected chi connectivity index (χ2v) is 10.3. The molecule has 0 bridgehead atoms. The van der Waals surface area contributed by atoms with Gasteiger partial charge in [0.05, 0.1) is 29.2 Å². The molecule has 0 atom stereocenters. The van der Waals surface area contributed by atoms with Crippen LogP contribution in [0.3, 0.4) is 0 Å². The van der Waals surface area contributed by atoms with Crippen LogP contribution in [0.25, 0.3) is 34.3 Å². The van der Waals surface area contributed by atoms with Crippen molar-refractivity contribution in [2.45, 2.75) is 6.92 Å². The normalized spacial score (nSPS) is 14.1. The van der Waals surface area contributed by atoms with Crippen LogP contribution in [0, 0.1) is 0 Å². The first-order chi connectivity index (χ1) is 21.5. The van der Waals surface area contributed by atoms with Gasteiger partial charge in [-0.25, -0.2) is 4.79 Å². The first kappa shape index (κ1) is 28.5. The summed E-state index contributed by atoms with van der Waals surface area (Å²) in [6.07, 6.45) is 1.62. The van der Waals surface area contributed by atoms with Gasteiger partial charge >= 0.3 is 5.97 Å². The van der Waals surface area contributed by atoms with Gasteiger partial charge < -0.3 is 9.30 Å². The Morgan fingerprint density at radius 3 is 2.00 bits per heavy atom. The number of para-hydroxylation sites is 1. The monoisotopic (exact) mass is 597 g/mol. The second kappa shape index (κ2) is 12.3. The summed E-state index contributed by atoms with van der Waals surface area (Å²) in [5.74, 6) is -1.48. The Kier molecular flexibility index (Phi) is 7.99. The molecule has 1 N–H and O–H groups in total. The zero-order valence-electron chi connectivity index (χ0n) is 23.8. The van der Waals surface area contributed by atoms with E-state index in [1.54, 1.807) is 49.4 Å². The number of ether oxygens (including phenoxy) is 1. The summed E-state index contributed by atoms with van der Waals surface area (Å²) in [7, 11) is 0. The van der Waals surface area contributed by atoms with Crippen molar-refractivity contribution in [1.82, 2.24) is 9.88 Å². The number of rotatable bonds is 7. The minimum absolute atomic E-state index is 0.0240. The molecule has 7 nitrogen and oxygen atoms in total. The topological polar surface area (TPSA) is 80.6 Å². The van der Waals surface area contributed by atoms with Crippen LogP contribution in [0.5, 0.6) is 0 Å². The second-order valence-electron chi connectivity index (χ2n) is 9.96. The van der Waals surface area contributed by atoms with E-state index >= 15 is 0 Å². The van der Waals surface area contributed by atoms with Crippen LogP contribution >= 0.6 is 12.2 Å². The molecule has 0 radical (unpaired) electrons. The lowest BCUT2D eigenvalue weighted by Crippen LogP contribution is -2.54. The molecular formula is C36H27N3O4S. The fourth-order valence-corrected chi connectivity index (χ4v) is 5.49. The smallest absolute Gasteiger partial charge is 0.338 e. The first-order valence-electron chi connectivity index (χ1n) is 14.1. The van der Waals surface area contributed by atoms with E-state index in [1.807, 2.05) is 84.9 Å². The molecule has 1 aliphatic rings. The van der Waals surface area contributed by atoms with Gasteiger partial charge in [-0.2, -0.15) is 0 Å². The first-order valence-corrected chi connectivity index (χ1v) is 14.5. The fraction of sp³-hybridized carbons (Fsp3) is 0.0556. The zero-order valence-corrected chi connectivity index (χ0v) is 24.6. The number of nitrogens with one attached hydrogen (secondary N) is 1. The summed E-state index contributed by atoms with van der Waals surface area (Å²) in [6, 6.07) is 37.7. The van der Waals surface area contributed by atoms with Gasteiger partial charge in [0.1, 0.15) is 5.57 Å². The van der Waals surface area contributed by atoms with Gasteiger partial charge in [-0.05, 0) is 78.8 Å². The Bertz CT molecular complexity index is 1900. The number of nitrogens with zero attached hydrogens (tertiary/aromatic N) is 2. The Morgan fingerprint density at radius 1 is 0.795 bits per heavy atom. The quantitative estimate of drug-likeness (QED) is 0.0964. The molecule has 1 fully saturated rings. The van der Waals surface area contributed by atoms with E-state index in [1.165, 1.54) is 4.90 Å². The molecule has 4 aromatic carbocycles. The Balaban J connectivity index is 1.57. The maximum atomic E-state index is 13.8. The van der Waals surface area contributed by atoms with Gasteiger partial charge in [-0.3, -0.25) is 19.8 Å². The summed E-state index contributed by atoms with van der Waals surface area (Å²) in [6.45, 7) is 2.05. The molecule has 2 heterocycles. The molecular weight excluding hydrogens is 570 g/mol. The third kappa shape index (κ3) is 5.46. The molecule has 6 rings (SSSR count). The lowest BCUT2D eigenvalue weighted by molar-refractivity contribution is -0.122. The summed E-state index contributed by atoms with van der Waals surface area (Å²) in [5.41, 5.74) is 5.78. The lowest BCUT2D eigenvalue weighted by Gasteiger charge is -2.28. The number of hydrogen-bond acceptors (Lipinski definition) is 5. The summed E-state index contributed by atoms with van der Waals surface area (Å²) < 4.78 is 7.25. The SMILES string of the molecule is CCOC(=O)c1ccc(-n2c(-c3ccccc3)cc(/C=C3\C(=O)NC(=S)N(c4ccccc4)C3=O)c2-c2ccccc2)cc1. The van der Waals surface area contributed by atoms with Crippen LogP contribution in [0.2, 0.25) is 0 Å². The minimum atomic E-state index is -0.570. The van der Waals surface area contributed by atoms with E-state index in [0.717, 1.165) is 28.2 Å². The number of carbonyl (C=O) groups excluding carboxylic acids is 3. The molecule has 0 saturated carbocycles. The molecule has 0 spiro atoms. The van der Waals surface area contributed by atoms with Gasteiger partial charge in [0.25, 0.3) is 11.8 Å². The van der Waals surface area contributed by atoms with Crippen molar-refractivity contribution in [1.29, 1.82) is 0 Å². The Hall–Kier alpha value is -5.60. The van der Waals surface area contributed by atoms with Crippen LogP contribution in [-0.2, 0) is 14.3 Å². The lowest BCUT2D eigenvalue weighted by atomic mass is 10.0. The number of hydrogen-bond donors (Lipinski definition) is 1. The highest BCUT2D eigenvalue weighted by Crippen LogP contribution is 2.38. The zero-order chi connectivity index (χ0) is 30.6. The number of carbonyl (C=O) groups is 3. The minimum Gasteiger partial charge on any atom is -0.462 e. The maximum Gasteiger partial charge on any atom is 0.338 e. The van der Waals surface area contributed by atoms with Crippen LogP contribution in [0.1, 0.15) is 22.8 Å². The van der Waals surface area contributed by atoms with Gasteiger partial charge in [-0.15, -0.1) is 0 Å². The number of amides is 2. The number of esters is 1. The van der Waals surface area contributed by atoms with E-state index in [0.29, 0.717) is 16.8 Å². The summed E-state index contributed by atoms with van der Waals surface area (Å²) in [4.78, 5) is 40.8. The third-order valence-corrected chi connectivity index (χ3v) is 7.48. The largest absolute Gasteiger partial charge is 0.462 e. The van der Waals surface area contributed by atoms with Crippen molar-refractivity contribution in [3.63, 3.8) is 0 Å². The molecule has 1 aromatic heterocycles. The molecule has 8 heteroatoms. The standard InChI is InChI=1S/C36H27N3O4S/c1-2-43-35(42)26-18-20-29(21-19-26)38-31(24-12-6-3-7-13-24)23-27(32(38)25-14-8-4-9-15-25)22-30-33(40)37-36(44)39(34(30)41)28-16-10-5-11-17-28/h3-23H,2H2,1H3,(H,37,40,44)/b30-22+. The Morgan fingerprint density at radius 2 is 1.39 bits per heavy atom. The van der Waals surface area contributed by atoms with Crippen molar-refractivity contribution in [3.05, 3.63) is 138 Å². The van der Waals surface area contributed by atoms with Crippen LogP contribution in [-0.4, -0.2) is 34.1 Å². The number of aromatic nitrogens is 1. The van der Waals surface area contributed by atoms with E-state index in [4.69, 9.17) is 17.0 Å². The van der Waals surface area contributed by atoms with Crippen LogP contribution in [0.15, 0.2) is 127 Å². The van der Waals surface area contributed by atoms with Crippen LogP contribution in [0.4, 0.5) is 5.69 Å². The van der Waals surface area contributed by atoms with Crippen molar-refractivity contribution in [2.24, 2.45) is 0 Å². The third-order valence-electron chi connectivity index (χ3n) is 7.20. The predicted octanol–water partition coefficient (Wildman–Crippen LogP) is 6.82.